The summed E-state index contributed by atoms with van der Waals surface area (Å²) in [6.45, 7) is 2.53. The van der Waals surface area contributed by atoms with E-state index in [1.165, 1.54) is 5.57 Å². The van der Waals surface area contributed by atoms with Crippen LogP contribution in [-0.4, -0.2) is 48.3 Å². The van der Waals surface area contributed by atoms with Crippen LogP contribution in [-0.2, 0) is 9.53 Å². The Hall–Kier alpha value is -1.39. The third-order valence-electron chi connectivity index (χ3n) is 2.88. The molecule has 0 amide bonds. The minimum Gasteiger partial charge on any atom is -0.479 e. The van der Waals surface area contributed by atoms with Gasteiger partial charge >= 0.3 is 5.97 Å². The smallest absolute Gasteiger partial charge is 0.334 e. The van der Waals surface area contributed by atoms with Crippen molar-refractivity contribution < 1.29 is 14.6 Å². The van der Waals surface area contributed by atoms with E-state index in [2.05, 4.69) is 29.2 Å². The van der Waals surface area contributed by atoms with Crippen molar-refractivity contribution in [2.24, 2.45) is 0 Å². The molecule has 0 aromatic rings. The Balaban J connectivity index is 1.92. The molecule has 4 nitrogen and oxygen atoms in total. The maximum atomic E-state index is 10.9. The van der Waals surface area contributed by atoms with Crippen molar-refractivity contribution in [2.45, 2.75) is 12.5 Å². The van der Waals surface area contributed by atoms with Crippen LogP contribution in [0.25, 0.3) is 0 Å². The lowest BCUT2D eigenvalue weighted by Gasteiger charge is -2.30. The fourth-order valence-electron chi connectivity index (χ4n) is 1.98. The van der Waals surface area contributed by atoms with Gasteiger partial charge in [0, 0.05) is 19.6 Å². The predicted octanol–water partition coefficient (Wildman–Crippen LogP) is 1.21. The van der Waals surface area contributed by atoms with Crippen molar-refractivity contribution in [1.29, 1.82) is 0 Å². The van der Waals surface area contributed by atoms with E-state index in [9.17, 15) is 4.79 Å². The third-order valence-corrected chi connectivity index (χ3v) is 2.88. The maximum absolute atomic E-state index is 10.9. The fraction of sp³-hybridized carbons (Fsp3) is 0.462. The number of aliphatic carboxylic acids is 1. The molecule has 1 heterocycles. The standard InChI is InChI=1S/C13H17NO3/c15-13(16)12-10-14(7-8-17-12)9-11-5-3-1-2-4-6-11/h1,3-6,12H,2,7-10H2,(H,15,16). The molecule has 1 N–H and O–H groups in total. The second kappa shape index (κ2) is 5.80. The van der Waals surface area contributed by atoms with E-state index in [-0.39, 0.29) is 0 Å². The van der Waals surface area contributed by atoms with E-state index in [4.69, 9.17) is 9.84 Å². The summed E-state index contributed by atoms with van der Waals surface area (Å²) in [5, 5.41) is 8.92. The quantitative estimate of drug-likeness (QED) is 0.799. The van der Waals surface area contributed by atoms with Gasteiger partial charge in [0.25, 0.3) is 0 Å². The molecule has 1 unspecified atom stereocenters. The van der Waals surface area contributed by atoms with Gasteiger partial charge in [-0.1, -0.05) is 30.4 Å². The Kier molecular flexibility index (Phi) is 4.12. The lowest BCUT2D eigenvalue weighted by Crippen LogP contribution is -2.46. The highest BCUT2D eigenvalue weighted by molar-refractivity contribution is 5.72. The van der Waals surface area contributed by atoms with Crippen LogP contribution in [0.15, 0.2) is 36.0 Å². The van der Waals surface area contributed by atoms with Gasteiger partial charge < -0.3 is 9.84 Å². The van der Waals surface area contributed by atoms with Gasteiger partial charge in [0.1, 0.15) is 0 Å². The number of hydrogen-bond donors (Lipinski definition) is 1. The molecule has 0 aromatic carbocycles. The normalized spacial score (nSPS) is 25.4. The van der Waals surface area contributed by atoms with Gasteiger partial charge in [0.15, 0.2) is 6.10 Å². The molecule has 2 aliphatic rings. The van der Waals surface area contributed by atoms with Crippen LogP contribution in [0.4, 0.5) is 0 Å². The van der Waals surface area contributed by atoms with Crippen molar-refractivity contribution in [3.8, 4) is 0 Å². The lowest BCUT2D eigenvalue weighted by molar-refractivity contribution is -0.155. The summed E-state index contributed by atoms with van der Waals surface area (Å²) in [5.74, 6) is -0.875. The number of allylic oxidation sites excluding steroid dienone is 4. The Morgan fingerprint density at radius 1 is 1.53 bits per heavy atom. The number of hydrogen-bond acceptors (Lipinski definition) is 3. The predicted molar refractivity (Wildman–Crippen MR) is 64.8 cm³/mol. The average Bonchev–Trinajstić information content (AvgIpc) is 2.58. The molecular weight excluding hydrogens is 218 g/mol. The van der Waals surface area contributed by atoms with Crippen LogP contribution < -0.4 is 0 Å². The Labute approximate surface area is 101 Å². The zero-order valence-electron chi connectivity index (χ0n) is 9.71. The maximum Gasteiger partial charge on any atom is 0.334 e. The molecule has 1 atom stereocenters. The first-order valence-electron chi connectivity index (χ1n) is 5.85. The van der Waals surface area contributed by atoms with E-state index in [1.807, 2.05) is 6.08 Å². The molecule has 0 aromatic heterocycles. The minimum absolute atomic E-state index is 0.463. The van der Waals surface area contributed by atoms with E-state index in [0.29, 0.717) is 13.2 Å². The summed E-state index contributed by atoms with van der Waals surface area (Å²) in [5.41, 5.74) is 1.21. The average molecular weight is 235 g/mol. The third kappa shape index (κ3) is 3.54. The number of morpholine rings is 1. The number of carboxylic acids is 1. The lowest BCUT2D eigenvalue weighted by atomic mass is 10.2. The van der Waals surface area contributed by atoms with E-state index in [1.54, 1.807) is 0 Å². The van der Waals surface area contributed by atoms with Crippen LogP contribution in [0, 0.1) is 0 Å². The van der Waals surface area contributed by atoms with Crippen LogP contribution in [0.1, 0.15) is 6.42 Å². The van der Waals surface area contributed by atoms with Crippen molar-refractivity contribution in [3.63, 3.8) is 0 Å². The molecular formula is C13H17NO3. The Morgan fingerprint density at radius 2 is 2.41 bits per heavy atom. The first-order chi connectivity index (χ1) is 8.25. The summed E-state index contributed by atoms with van der Waals surface area (Å²) in [4.78, 5) is 13.0. The molecule has 1 aliphatic carbocycles. The van der Waals surface area contributed by atoms with Gasteiger partial charge in [-0.15, -0.1) is 0 Å². The minimum atomic E-state index is -0.875. The van der Waals surface area contributed by atoms with Gasteiger partial charge in [-0.3, -0.25) is 4.90 Å². The zero-order chi connectivity index (χ0) is 12.1. The van der Waals surface area contributed by atoms with Crippen LogP contribution >= 0.6 is 0 Å². The largest absolute Gasteiger partial charge is 0.479 e. The summed E-state index contributed by atoms with van der Waals surface area (Å²) in [7, 11) is 0. The van der Waals surface area contributed by atoms with Gasteiger partial charge in [-0.25, -0.2) is 4.79 Å². The number of nitrogens with zero attached hydrogens (tertiary/aromatic N) is 1. The second-order valence-corrected chi connectivity index (χ2v) is 4.24. The van der Waals surface area contributed by atoms with Crippen LogP contribution in [0.3, 0.4) is 0 Å². The first-order valence-corrected chi connectivity index (χ1v) is 5.85. The molecule has 0 saturated carbocycles. The monoisotopic (exact) mass is 235 g/mol. The number of ether oxygens (including phenoxy) is 1. The van der Waals surface area contributed by atoms with Gasteiger partial charge in [0.05, 0.1) is 6.61 Å². The molecule has 2 rings (SSSR count). The molecule has 1 aliphatic heterocycles. The van der Waals surface area contributed by atoms with Crippen LogP contribution in [0.5, 0.6) is 0 Å². The SMILES string of the molecule is O=C(O)C1CN(CC2=CC=CCC=C2)CCO1. The highest BCUT2D eigenvalue weighted by Gasteiger charge is 2.26. The van der Waals surface area contributed by atoms with E-state index < -0.39 is 12.1 Å². The second-order valence-electron chi connectivity index (χ2n) is 4.24. The number of carboxylic acid groups (broad SMARTS) is 1. The summed E-state index contributed by atoms with van der Waals surface area (Å²) < 4.78 is 5.19. The van der Waals surface area contributed by atoms with E-state index in [0.717, 1.165) is 19.5 Å². The summed E-state index contributed by atoms with van der Waals surface area (Å²) in [6, 6.07) is 0. The van der Waals surface area contributed by atoms with Crippen molar-refractivity contribution >= 4 is 5.97 Å². The molecule has 17 heavy (non-hydrogen) atoms. The Bertz CT molecular complexity index is 371. The van der Waals surface area contributed by atoms with E-state index >= 15 is 0 Å². The molecule has 92 valence electrons. The fourth-order valence-corrected chi connectivity index (χ4v) is 1.98. The molecule has 0 bridgehead atoms. The molecule has 1 fully saturated rings. The van der Waals surface area contributed by atoms with Crippen molar-refractivity contribution in [3.05, 3.63) is 36.0 Å². The highest BCUT2D eigenvalue weighted by Crippen LogP contribution is 2.11. The molecule has 1 saturated heterocycles. The van der Waals surface area contributed by atoms with Crippen molar-refractivity contribution in [1.82, 2.24) is 4.90 Å². The highest BCUT2D eigenvalue weighted by atomic mass is 16.5. The molecule has 4 heteroatoms. The van der Waals surface area contributed by atoms with Gasteiger partial charge in [-0.2, -0.15) is 0 Å². The van der Waals surface area contributed by atoms with Crippen LogP contribution in [0.2, 0.25) is 0 Å². The summed E-state index contributed by atoms with van der Waals surface area (Å²) >= 11 is 0. The topological polar surface area (TPSA) is 49.8 Å². The number of carbonyl (C=O) groups is 1. The zero-order valence-corrected chi connectivity index (χ0v) is 9.71. The van der Waals surface area contributed by atoms with Crippen molar-refractivity contribution in [2.75, 3.05) is 26.2 Å². The molecule has 0 radical (unpaired) electrons. The van der Waals surface area contributed by atoms with Gasteiger partial charge in [0.2, 0.25) is 0 Å². The van der Waals surface area contributed by atoms with Gasteiger partial charge in [-0.05, 0) is 12.0 Å². The Morgan fingerprint density at radius 3 is 3.24 bits per heavy atom. The first kappa shape index (κ1) is 12.1. The number of rotatable bonds is 3. The molecule has 0 spiro atoms. The summed E-state index contributed by atoms with van der Waals surface area (Å²) in [6.07, 6.45) is 10.7.